The maximum absolute atomic E-state index is 12.9. The van der Waals surface area contributed by atoms with E-state index in [1.165, 1.54) is 12.1 Å². The molecule has 2 rings (SSSR count). The molecular formula is C16H20FNO3. The van der Waals surface area contributed by atoms with Crippen molar-refractivity contribution >= 4 is 11.9 Å². The van der Waals surface area contributed by atoms with Crippen LogP contribution in [0.4, 0.5) is 4.39 Å². The maximum atomic E-state index is 12.9. The summed E-state index contributed by atoms with van der Waals surface area (Å²) in [6.45, 7) is 2.58. The van der Waals surface area contributed by atoms with Gasteiger partial charge in [0, 0.05) is 13.0 Å². The second-order valence-electron chi connectivity index (χ2n) is 5.25. The number of halogens is 1. The van der Waals surface area contributed by atoms with Gasteiger partial charge in [-0.2, -0.15) is 0 Å². The minimum Gasteiger partial charge on any atom is -0.466 e. The van der Waals surface area contributed by atoms with Gasteiger partial charge < -0.3 is 10.1 Å². The molecule has 21 heavy (non-hydrogen) atoms. The summed E-state index contributed by atoms with van der Waals surface area (Å²) in [6, 6.07) is 6.09. The zero-order valence-corrected chi connectivity index (χ0v) is 12.2. The zero-order chi connectivity index (χ0) is 15.3. The fourth-order valence-electron chi connectivity index (χ4n) is 2.38. The minimum absolute atomic E-state index is 0.0435. The van der Waals surface area contributed by atoms with Gasteiger partial charge in [0.15, 0.2) is 0 Å². The van der Waals surface area contributed by atoms with Crippen molar-refractivity contribution in [2.45, 2.75) is 38.0 Å². The Hall–Kier alpha value is -1.91. The van der Waals surface area contributed by atoms with E-state index in [2.05, 4.69) is 5.32 Å². The highest BCUT2D eigenvalue weighted by Crippen LogP contribution is 2.48. The number of nitrogens with one attached hydrogen (secondary N) is 1. The fourth-order valence-corrected chi connectivity index (χ4v) is 2.38. The van der Waals surface area contributed by atoms with Crippen LogP contribution in [0.3, 0.4) is 0 Å². The normalized spacial score (nSPS) is 15.3. The van der Waals surface area contributed by atoms with Crippen LogP contribution in [-0.2, 0) is 19.7 Å². The molecule has 1 aliphatic rings. The lowest BCUT2D eigenvalue weighted by Gasteiger charge is -2.15. The molecule has 1 amide bonds. The topological polar surface area (TPSA) is 55.4 Å². The highest BCUT2D eigenvalue weighted by atomic mass is 19.1. The smallest absolute Gasteiger partial charge is 0.305 e. The van der Waals surface area contributed by atoms with Crippen molar-refractivity contribution in [3.05, 3.63) is 35.6 Å². The first-order valence-corrected chi connectivity index (χ1v) is 7.28. The van der Waals surface area contributed by atoms with E-state index in [0.29, 0.717) is 26.0 Å². The second kappa shape index (κ2) is 6.70. The first-order valence-electron chi connectivity index (χ1n) is 7.28. The lowest BCUT2D eigenvalue weighted by molar-refractivity contribution is -0.143. The van der Waals surface area contributed by atoms with Crippen molar-refractivity contribution in [1.29, 1.82) is 0 Å². The third-order valence-corrected chi connectivity index (χ3v) is 3.73. The van der Waals surface area contributed by atoms with E-state index in [0.717, 1.165) is 18.4 Å². The number of esters is 1. The Morgan fingerprint density at radius 1 is 1.29 bits per heavy atom. The van der Waals surface area contributed by atoms with Gasteiger partial charge in [0.05, 0.1) is 12.0 Å². The van der Waals surface area contributed by atoms with Crippen molar-refractivity contribution in [1.82, 2.24) is 5.32 Å². The molecule has 1 aliphatic carbocycles. The van der Waals surface area contributed by atoms with Crippen LogP contribution in [0, 0.1) is 5.82 Å². The summed E-state index contributed by atoms with van der Waals surface area (Å²) >= 11 is 0. The minimum atomic E-state index is -0.502. The molecule has 0 spiro atoms. The van der Waals surface area contributed by atoms with Crippen LogP contribution in [0.1, 0.15) is 38.2 Å². The molecule has 114 valence electrons. The maximum Gasteiger partial charge on any atom is 0.305 e. The molecule has 1 saturated carbocycles. The van der Waals surface area contributed by atoms with E-state index in [-0.39, 0.29) is 17.7 Å². The molecule has 1 aromatic rings. The number of hydrogen-bond acceptors (Lipinski definition) is 3. The van der Waals surface area contributed by atoms with Gasteiger partial charge in [-0.25, -0.2) is 4.39 Å². The average molecular weight is 293 g/mol. The Morgan fingerprint density at radius 2 is 1.95 bits per heavy atom. The summed E-state index contributed by atoms with van der Waals surface area (Å²) in [4.78, 5) is 23.4. The number of hydrogen-bond donors (Lipinski definition) is 1. The molecule has 0 saturated heterocycles. The molecule has 1 fully saturated rings. The standard InChI is InChI=1S/C16H20FNO3/c1-2-21-14(19)4-3-11-18-15(20)16(9-10-16)12-5-7-13(17)8-6-12/h5-8H,2-4,9-11H2,1H3,(H,18,20). The molecular weight excluding hydrogens is 273 g/mol. The molecule has 5 heteroatoms. The van der Waals surface area contributed by atoms with Gasteiger partial charge in [-0.05, 0) is 43.9 Å². The molecule has 0 bridgehead atoms. The lowest BCUT2D eigenvalue weighted by atomic mass is 9.95. The first-order chi connectivity index (χ1) is 10.1. The van der Waals surface area contributed by atoms with Crippen LogP contribution in [-0.4, -0.2) is 25.0 Å². The zero-order valence-electron chi connectivity index (χ0n) is 12.2. The molecule has 0 aromatic heterocycles. The van der Waals surface area contributed by atoms with Crippen LogP contribution in [0.15, 0.2) is 24.3 Å². The van der Waals surface area contributed by atoms with E-state index in [9.17, 15) is 14.0 Å². The fraction of sp³-hybridized carbons (Fsp3) is 0.500. The predicted molar refractivity (Wildman–Crippen MR) is 76.2 cm³/mol. The number of carbonyl (C=O) groups excluding carboxylic acids is 2. The van der Waals surface area contributed by atoms with E-state index in [1.807, 2.05) is 0 Å². The summed E-state index contributed by atoms with van der Waals surface area (Å²) in [7, 11) is 0. The number of carbonyl (C=O) groups is 2. The SMILES string of the molecule is CCOC(=O)CCCNC(=O)C1(c2ccc(F)cc2)CC1. The van der Waals surface area contributed by atoms with Crippen molar-refractivity contribution in [3.63, 3.8) is 0 Å². The Bertz CT molecular complexity index is 509. The van der Waals surface area contributed by atoms with Crippen LogP contribution < -0.4 is 5.32 Å². The summed E-state index contributed by atoms with van der Waals surface area (Å²) in [6.07, 6.45) is 2.42. The van der Waals surface area contributed by atoms with Crippen LogP contribution in [0.2, 0.25) is 0 Å². The van der Waals surface area contributed by atoms with E-state index < -0.39 is 5.41 Å². The molecule has 0 atom stereocenters. The molecule has 1 aromatic carbocycles. The third-order valence-electron chi connectivity index (χ3n) is 3.73. The average Bonchev–Trinajstić information content (AvgIpc) is 3.26. The summed E-state index contributed by atoms with van der Waals surface area (Å²) in [5.74, 6) is -0.589. The van der Waals surface area contributed by atoms with Crippen LogP contribution >= 0.6 is 0 Å². The first kappa shape index (κ1) is 15.5. The van der Waals surface area contributed by atoms with Gasteiger partial charge in [0.25, 0.3) is 0 Å². The summed E-state index contributed by atoms with van der Waals surface area (Å²) in [5.41, 5.74) is 0.351. The largest absolute Gasteiger partial charge is 0.466 e. The molecule has 0 unspecified atom stereocenters. The second-order valence-corrected chi connectivity index (χ2v) is 5.25. The van der Waals surface area contributed by atoms with Gasteiger partial charge in [0.2, 0.25) is 5.91 Å². The van der Waals surface area contributed by atoms with Crippen molar-refractivity contribution < 1.29 is 18.7 Å². The molecule has 1 N–H and O–H groups in total. The number of rotatable bonds is 7. The lowest BCUT2D eigenvalue weighted by Crippen LogP contribution is -2.35. The summed E-state index contributed by atoms with van der Waals surface area (Å²) in [5, 5.41) is 2.86. The van der Waals surface area contributed by atoms with E-state index in [1.54, 1.807) is 19.1 Å². The highest BCUT2D eigenvalue weighted by Gasteiger charge is 2.50. The number of benzene rings is 1. The molecule has 0 heterocycles. The Labute approximate surface area is 123 Å². The Kier molecular flexibility index (Phi) is 4.94. The van der Waals surface area contributed by atoms with Crippen molar-refractivity contribution in [2.24, 2.45) is 0 Å². The molecule has 0 radical (unpaired) electrons. The van der Waals surface area contributed by atoms with Crippen LogP contribution in [0.25, 0.3) is 0 Å². The van der Waals surface area contributed by atoms with E-state index >= 15 is 0 Å². The quantitative estimate of drug-likeness (QED) is 0.620. The van der Waals surface area contributed by atoms with Crippen molar-refractivity contribution in [2.75, 3.05) is 13.2 Å². The Balaban J connectivity index is 1.80. The van der Waals surface area contributed by atoms with Crippen LogP contribution in [0.5, 0.6) is 0 Å². The van der Waals surface area contributed by atoms with Gasteiger partial charge in [-0.1, -0.05) is 12.1 Å². The summed E-state index contributed by atoms with van der Waals surface area (Å²) < 4.78 is 17.8. The third kappa shape index (κ3) is 3.80. The van der Waals surface area contributed by atoms with Gasteiger partial charge in [0.1, 0.15) is 5.82 Å². The Morgan fingerprint density at radius 3 is 2.52 bits per heavy atom. The van der Waals surface area contributed by atoms with E-state index in [4.69, 9.17) is 4.74 Å². The van der Waals surface area contributed by atoms with Crippen molar-refractivity contribution in [3.8, 4) is 0 Å². The van der Waals surface area contributed by atoms with Gasteiger partial charge in [-0.15, -0.1) is 0 Å². The monoisotopic (exact) mass is 293 g/mol. The van der Waals surface area contributed by atoms with Gasteiger partial charge in [-0.3, -0.25) is 9.59 Å². The predicted octanol–water partition coefficient (Wildman–Crippen LogP) is 2.32. The molecule has 0 aliphatic heterocycles. The highest BCUT2D eigenvalue weighted by molar-refractivity contribution is 5.91. The number of ether oxygens (including phenoxy) is 1. The molecule has 4 nitrogen and oxygen atoms in total. The van der Waals surface area contributed by atoms with Gasteiger partial charge >= 0.3 is 5.97 Å². The number of amides is 1.